The molecule has 1 aliphatic carbocycles. The summed E-state index contributed by atoms with van der Waals surface area (Å²) in [7, 11) is 0. The second kappa shape index (κ2) is 11.2. The Morgan fingerprint density at radius 1 is 1.11 bits per heavy atom. The molecule has 0 radical (unpaired) electrons. The monoisotopic (exact) mass is 480 g/mol. The smallest absolute Gasteiger partial charge is 0.261 e. The summed E-state index contributed by atoms with van der Waals surface area (Å²) in [6.07, 6.45) is 4.79. The lowest BCUT2D eigenvalue weighted by atomic mass is 9.87. The lowest BCUT2D eigenvalue weighted by Gasteiger charge is -2.39. The Morgan fingerprint density at radius 2 is 1.83 bits per heavy atom. The highest BCUT2D eigenvalue weighted by atomic mass is 19.1. The summed E-state index contributed by atoms with van der Waals surface area (Å²) >= 11 is 0. The van der Waals surface area contributed by atoms with Crippen molar-refractivity contribution in [3.63, 3.8) is 0 Å². The van der Waals surface area contributed by atoms with Crippen LogP contribution >= 0.6 is 0 Å². The number of nitrogens with one attached hydrogen (secondary N) is 1. The summed E-state index contributed by atoms with van der Waals surface area (Å²) in [6, 6.07) is 12.1. The summed E-state index contributed by atoms with van der Waals surface area (Å²) in [4.78, 5) is 28.2. The molecule has 2 aromatic carbocycles. The maximum Gasteiger partial charge on any atom is 0.261 e. The van der Waals surface area contributed by atoms with Crippen molar-refractivity contribution in [3.05, 3.63) is 65.0 Å². The Balaban J connectivity index is 1.64. The van der Waals surface area contributed by atoms with E-state index < -0.39 is 6.10 Å². The first-order valence-corrected chi connectivity index (χ1v) is 13.0. The van der Waals surface area contributed by atoms with Crippen molar-refractivity contribution in [1.82, 2.24) is 10.2 Å². The van der Waals surface area contributed by atoms with Gasteiger partial charge in [0.1, 0.15) is 11.6 Å². The molecule has 0 aromatic heterocycles. The van der Waals surface area contributed by atoms with E-state index in [1.165, 1.54) is 12.1 Å². The van der Waals surface area contributed by atoms with E-state index in [-0.39, 0.29) is 29.6 Å². The molecule has 188 valence electrons. The molecule has 5 nitrogen and oxygen atoms in total. The Morgan fingerprint density at radius 3 is 2.49 bits per heavy atom. The van der Waals surface area contributed by atoms with Crippen LogP contribution in [-0.2, 0) is 16.0 Å². The van der Waals surface area contributed by atoms with E-state index in [9.17, 15) is 14.0 Å². The summed E-state index contributed by atoms with van der Waals surface area (Å²) < 4.78 is 19.9. The van der Waals surface area contributed by atoms with Crippen LogP contribution in [0.2, 0.25) is 0 Å². The molecule has 35 heavy (non-hydrogen) atoms. The molecule has 2 atom stereocenters. The molecule has 0 saturated heterocycles. The second-order valence-corrected chi connectivity index (χ2v) is 10.2. The Labute approximate surface area is 208 Å². The molecule has 1 fully saturated rings. The fourth-order valence-electron chi connectivity index (χ4n) is 5.22. The second-order valence-electron chi connectivity index (χ2n) is 10.2. The van der Waals surface area contributed by atoms with E-state index in [4.69, 9.17) is 4.74 Å². The van der Waals surface area contributed by atoms with E-state index in [0.717, 1.165) is 48.8 Å². The molecule has 1 aliphatic heterocycles. The zero-order valence-corrected chi connectivity index (χ0v) is 21.1. The van der Waals surface area contributed by atoms with Gasteiger partial charge < -0.3 is 15.0 Å². The maximum atomic E-state index is 13.7. The minimum atomic E-state index is -0.587. The highest BCUT2D eigenvalue weighted by molar-refractivity contribution is 5.81. The third-order valence-electron chi connectivity index (χ3n) is 7.14. The van der Waals surface area contributed by atoms with Crippen LogP contribution in [-0.4, -0.2) is 35.9 Å². The fourth-order valence-corrected chi connectivity index (χ4v) is 5.22. The molecule has 0 bridgehead atoms. The van der Waals surface area contributed by atoms with Crippen LogP contribution in [0.3, 0.4) is 0 Å². The molecular weight excluding hydrogens is 443 g/mol. The molecule has 2 aromatic rings. The first-order valence-electron chi connectivity index (χ1n) is 13.0. The normalized spacial score (nSPS) is 18.9. The van der Waals surface area contributed by atoms with E-state index in [0.29, 0.717) is 31.2 Å². The number of benzene rings is 2. The van der Waals surface area contributed by atoms with Gasteiger partial charge in [-0.25, -0.2) is 4.39 Å². The molecule has 1 saturated carbocycles. The molecule has 0 spiro atoms. The van der Waals surface area contributed by atoms with Crippen LogP contribution in [0.5, 0.6) is 5.75 Å². The number of hydrogen-bond donors (Lipinski definition) is 1. The molecule has 1 N–H and O–H groups in total. The number of carbonyl (C=O) groups excluding carboxylic acids is 2. The van der Waals surface area contributed by atoms with Gasteiger partial charge in [-0.05, 0) is 72.6 Å². The van der Waals surface area contributed by atoms with E-state index >= 15 is 0 Å². The first-order chi connectivity index (χ1) is 16.9. The van der Waals surface area contributed by atoms with Gasteiger partial charge in [0.2, 0.25) is 5.91 Å². The fraction of sp³-hybridized carbons (Fsp3) is 0.517. The lowest BCUT2D eigenvalue weighted by molar-refractivity contribution is -0.137. The quantitative estimate of drug-likeness (QED) is 0.549. The standard InChI is InChI=1S/C29H37FN2O3/c1-4-26(28(33)31-18-19(2)3)35-24-14-11-20-15-16-32(29(34)22-7-5-6-8-22)27(25(20)17-24)21-9-12-23(30)13-10-21/h9-14,17,19,22,26-27H,4-8,15-16,18H2,1-3H3,(H,31,33)/t26-,27+/m1/s1. The number of hydrogen-bond acceptors (Lipinski definition) is 3. The molecule has 0 unspecified atom stereocenters. The minimum Gasteiger partial charge on any atom is -0.481 e. The summed E-state index contributed by atoms with van der Waals surface area (Å²) in [6.45, 7) is 7.29. The van der Waals surface area contributed by atoms with Crippen molar-refractivity contribution in [2.75, 3.05) is 13.1 Å². The number of fused-ring (bicyclic) bond motifs is 1. The SMILES string of the molecule is CC[C@@H](Oc1ccc2c(c1)[C@H](c1ccc(F)cc1)N(C(=O)C1CCCC1)CC2)C(=O)NCC(C)C. The number of nitrogens with zero attached hydrogens (tertiary/aromatic N) is 1. The van der Waals surface area contributed by atoms with Crippen molar-refractivity contribution in [2.45, 2.75) is 71.4 Å². The maximum absolute atomic E-state index is 13.7. The topological polar surface area (TPSA) is 58.6 Å². The summed E-state index contributed by atoms with van der Waals surface area (Å²) in [5.74, 6) is 0.805. The average molecular weight is 481 g/mol. The number of ether oxygens (including phenoxy) is 1. The predicted molar refractivity (Wildman–Crippen MR) is 135 cm³/mol. The van der Waals surface area contributed by atoms with Gasteiger partial charge in [-0.15, -0.1) is 0 Å². The van der Waals surface area contributed by atoms with Gasteiger partial charge in [-0.1, -0.05) is 51.8 Å². The van der Waals surface area contributed by atoms with Crippen LogP contribution in [0.25, 0.3) is 0 Å². The molecule has 4 rings (SSSR count). The van der Waals surface area contributed by atoms with Crippen molar-refractivity contribution in [1.29, 1.82) is 0 Å². The van der Waals surface area contributed by atoms with Crippen molar-refractivity contribution >= 4 is 11.8 Å². The largest absolute Gasteiger partial charge is 0.481 e. The number of halogens is 1. The van der Waals surface area contributed by atoms with Crippen LogP contribution in [0.1, 0.15) is 75.6 Å². The number of rotatable bonds is 8. The number of carbonyl (C=O) groups is 2. The van der Waals surface area contributed by atoms with Crippen molar-refractivity contribution < 1.29 is 18.7 Å². The Hall–Kier alpha value is -2.89. The van der Waals surface area contributed by atoms with E-state index in [1.807, 2.05) is 30.0 Å². The number of amides is 2. The van der Waals surface area contributed by atoms with Gasteiger partial charge in [0.05, 0.1) is 6.04 Å². The van der Waals surface area contributed by atoms with Gasteiger partial charge in [0.25, 0.3) is 5.91 Å². The van der Waals surface area contributed by atoms with Crippen LogP contribution in [0.15, 0.2) is 42.5 Å². The highest BCUT2D eigenvalue weighted by Gasteiger charge is 2.36. The average Bonchev–Trinajstić information content (AvgIpc) is 3.40. The molecular formula is C29H37FN2O3. The third-order valence-corrected chi connectivity index (χ3v) is 7.14. The van der Waals surface area contributed by atoms with E-state index in [2.05, 4.69) is 19.2 Å². The molecule has 2 aliphatic rings. The van der Waals surface area contributed by atoms with Crippen LogP contribution in [0.4, 0.5) is 4.39 Å². The Kier molecular flexibility index (Phi) is 8.09. The first kappa shape index (κ1) is 25.2. The molecule has 1 heterocycles. The van der Waals surface area contributed by atoms with Gasteiger partial charge in [0.15, 0.2) is 6.10 Å². The summed E-state index contributed by atoms with van der Waals surface area (Å²) in [5.41, 5.74) is 3.03. The van der Waals surface area contributed by atoms with Crippen molar-refractivity contribution in [3.8, 4) is 5.75 Å². The van der Waals surface area contributed by atoms with Crippen LogP contribution < -0.4 is 10.1 Å². The van der Waals surface area contributed by atoms with Gasteiger partial charge >= 0.3 is 0 Å². The zero-order valence-electron chi connectivity index (χ0n) is 21.1. The van der Waals surface area contributed by atoms with Gasteiger partial charge in [-0.2, -0.15) is 0 Å². The molecule has 6 heteroatoms. The zero-order chi connectivity index (χ0) is 24.9. The van der Waals surface area contributed by atoms with Crippen molar-refractivity contribution in [2.24, 2.45) is 11.8 Å². The van der Waals surface area contributed by atoms with Crippen LogP contribution in [0, 0.1) is 17.7 Å². The predicted octanol–water partition coefficient (Wildman–Crippen LogP) is 5.42. The Bertz CT molecular complexity index is 1030. The lowest BCUT2D eigenvalue weighted by Crippen LogP contribution is -2.43. The highest BCUT2D eigenvalue weighted by Crippen LogP contribution is 2.40. The van der Waals surface area contributed by atoms with Gasteiger partial charge in [-0.3, -0.25) is 9.59 Å². The minimum absolute atomic E-state index is 0.0630. The van der Waals surface area contributed by atoms with Gasteiger partial charge in [0, 0.05) is 19.0 Å². The molecule has 2 amide bonds. The summed E-state index contributed by atoms with van der Waals surface area (Å²) in [5, 5.41) is 2.96. The third kappa shape index (κ3) is 5.85. The van der Waals surface area contributed by atoms with E-state index in [1.54, 1.807) is 12.1 Å².